The molecule has 0 aromatic heterocycles. The summed E-state index contributed by atoms with van der Waals surface area (Å²) in [4.78, 5) is 87.4. The van der Waals surface area contributed by atoms with Gasteiger partial charge in [-0.1, -0.05) is 74.5 Å². The summed E-state index contributed by atoms with van der Waals surface area (Å²) < 4.78 is 49.1. The molecule has 8 rings (SSSR count). The molecule has 3 aromatic carbocycles. The molecule has 12 atom stereocenters. The van der Waals surface area contributed by atoms with Crippen LogP contribution in [0.4, 0.5) is 4.79 Å². The Morgan fingerprint density at radius 3 is 2.00 bits per heavy atom. The summed E-state index contributed by atoms with van der Waals surface area (Å²) >= 11 is 0. The fourth-order valence-corrected chi connectivity index (χ4v) is 11.9. The lowest BCUT2D eigenvalue weighted by Gasteiger charge is -2.68. The van der Waals surface area contributed by atoms with Gasteiger partial charge in [-0.25, -0.2) is 14.4 Å². The molecule has 18 heteroatoms. The summed E-state index contributed by atoms with van der Waals surface area (Å²) in [7, 11) is 0. The monoisotopic (exact) mass is 1010 g/mol. The second-order valence-corrected chi connectivity index (χ2v) is 21.9. The summed E-state index contributed by atoms with van der Waals surface area (Å²) in [5, 5.41) is 37.9. The highest BCUT2D eigenvalue weighted by Crippen LogP contribution is 2.64. The molecule has 0 spiro atoms. The summed E-state index contributed by atoms with van der Waals surface area (Å²) in [6.07, 6.45) is -13.8. The fourth-order valence-electron chi connectivity index (χ4n) is 11.9. The number of benzene rings is 3. The number of carbonyl (C=O) groups is 6. The van der Waals surface area contributed by atoms with E-state index in [0.29, 0.717) is 11.3 Å². The van der Waals surface area contributed by atoms with Crippen molar-refractivity contribution in [3.05, 3.63) is 113 Å². The Kier molecular flexibility index (Phi) is 13.8. The van der Waals surface area contributed by atoms with Crippen molar-refractivity contribution in [1.29, 1.82) is 0 Å². The first-order valence-electron chi connectivity index (χ1n) is 24.3. The number of esters is 4. The van der Waals surface area contributed by atoms with Gasteiger partial charge in [-0.05, 0) is 95.0 Å². The first-order valence-corrected chi connectivity index (χ1v) is 24.3. The van der Waals surface area contributed by atoms with Crippen LogP contribution in [0.1, 0.15) is 110 Å². The van der Waals surface area contributed by atoms with Crippen LogP contribution >= 0.6 is 0 Å². The van der Waals surface area contributed by atoms with Crippen LogP contribution in [0.25, 0.3) is 0 Å². The smallest absolute Gasteiger partial charge is 0.413 e. The maximum Gasteiger partial charge on any atom is 0.413 e. The molecule has 2 aliphatic heterocycles. The molecule has 2 bridgehead atoms. The van der Waals surface area contributed by atoms with Crippen molar-refractivity contribution in [3.63, 3.8) is 0 Å². The van der Waals surface area contributed by atoms with Crippen molar-refractivity contribution in [3.8, 4) is 5.75 Å². The molecule has 5 aliphatic rings. The van der Waals surface area contributed by atoms with Crippen LogP contribution < -0.4 is 4.74 Å². The average Bonchev–Trinajstić information content (AvgIpc) is 3.60. The predicted molar refractivity (Wildman–Crippen MR) is 257 cm³/mol. The molecule has 73 heavy (non-hydrogen) atoms. The zero-order chi connectivity index (χ0) is 53.4. The van der Waals surface area contributed by atoms with Crippen molar-refractivity contribution in [2.45, 2.75) is 160 Å². The van der Waals surface area contributed by atoms with Gasteiger partial charge in [-0.15, -0.1) is 0 Å². The van der Waals surface area contributed by atoms with E-state index in [1.807, 2.05) is 30.3 Å². The fraction of sp³-hybridized carbons (Fsp3) is 0.527. The quantitative estimate of drug-likeness (QED) is 0.122. The van der Waals surface area contributed by atoms with Crippen LogP contribution in [-0.4, -0.2) is 128 Å². The zero-order valence-electron chi connectivity index (χ0n) is 42.9. The summed E-state index contributed by atoms with van der Waals surface area (Å²) in [6, 6.07) is 22.9. The first-order chi connectivity index (χ1) is 34.1. The van der Waals surface area contributed by atoms with Crippen LogP contribution in [0.15, 0.2) is 96.1 Å². The van der Waals surface area contributed by atoms with E-state index in [4.69, 9.17) is 37.9 Å². The van der Waals surface area contributed by atoms with Crippen LogP contribution in [0.2, 0.25) is 0 Å². The van der Waals surface area contributed by atoms with E-state index in [-0.39, 0.29) is 23.3 Å². The second-order valence-electron chi connectivity index (χ2n) is 21.9. The molecule has 2 saturated heterocycles. The minimum atomic E-state index is -2.48. The van der Waals surface area contributed by atoms with E-state index in [1.165, 1.54) is 30.9 Å². The van der Waals surface area contributed by atoms with Gasteiger partial charge in [0.2, 0.25) is 0 Å². The number of ketones is 1. The Morgan fingerprint density at radius 1 is 0.822 bits per heavy atom. The molecule has 0 radical (unpaired) electrons. The van der Waals surface area contributed by atoms with Gasteiger partial charge >= 0.3 is 30.0 Å². The van der Waals surface area contributed by atoms with E-state index in [1.54, 1.807) is 90.9 Å². The second kappa shape index (κ2) is 18.9. The van der Waals surface area contributed by atoms with E-state index in [0.717, 1.165) is 19.4 Å². The van der Waals surface area contributed by atoms with Crippen LogP contribution in [-0.2, 0) is 58.9 Å². The van der Waals surface area contributed by atoms with Gasteiger partial charge in [-0.3, -0.25) is 19.3 Å². The van der Waals surface area contributed by atoms with Crippen LogP contribution in [0.3, 0.4) is 0 Å². The topological polar surface area (TPSA) is 240 Å². The lowest BCUT2D eigenvalue weighted by Crippen LogP contribution is -2.85. The largest absolute Gasteiger partial charge is 0.489 e. The molecule has 0 unspecified atom stereocenters. The van der Waals surface area contributed by atoms with Gasteiger partial charge in [0.15, 0.2) is 23.6 Å². The SMILES string of the molecule is CC(=O)O[C@H]1C(=O)[C@@]2(C)[C@H]([C@H](OC(=O)c3ccccc3)[C@]3(O)C[C@H](OC(=O)[C@@H]4OC(C)(C)N(C(=O)OC(C)(C)C)[C@H]4c4ccc(OCc5ccccc5)cc4)C(C)=C1C3(C)C)[C@]1(OC(C)=O)CO[C@@H]1[C@@H](O)[C@@H]2O. The third-order valence-corrected chi connectivity index (χ3v) is 15.3. The van der Waals surface area contributed by atoms with Crippen LogP contribution in [0.5, 0.6) is 5.75 Å². The maximum atomic E-state index is 15.8. The Hall–Kier alpha value is -6.18. The number of Topliss-reactive ketones (excluding diaryl/α,β-unsaturated/α-hetero) is 1. The highest BCUT2D eigenvalue weighted by Gasteiger charge is 2.80. The minimum Gasteiger partial charge on any atom is -0.489 e. The summed E-state index contributed by atoms with van der Waals surface area (Å²) in [6.45, 7) is 16.1. The van der Waals surface area contributed by atoms with Crippen molar-refractivity contribution < 1.29 is 82.0 Å². The normalized spacial score (nSPS) is 33.1. The Morgan fingerprint density at radius 2 is 1.44 bits per heavy atom. The van der Waals surface area contributed by atoms with Crippen molar-refractivity contribution in [2.24, 2.45) is 16.7 Å². The molecule has 3 N–H and O–H groups in total. The Balaban J connectivity index is 1.27. The number of aliphatic hydroxyl groups is 3. The van der Waals surface area contributed by atoms with E-state index < -0.39 is 137 Å². The highest BCUT2D eigenvalue weighted by molar-refractivity contribution is 5.96. The third-order valence-electron chi connectivity index (χ3n) is 15.3. The van der Waals surface area contributed by atoms with Gasteiger partial charge in [0, 0.05) is 25.7 Å². The molecular weight excluding hydrogens is 947 g/mol. The number of amides is 1. The van der Waals surface area contributed by atoms with E-state index in [2.05, 4.69) is 0 Å². The lowest BCUT2D eigenvalue weighted by molar-refractivity contribution is -0.369. The average molecular weight is 1010 g/mol. The van der Waals surface area contributed by atoms with Crippen LogP contribution in [0, 0.1) is 16.7 Å². The van der Waals surface area contributed by atoms with Crippen molar-refractivity contribution >= 4 is 35.8 Å². The standard InChI is InChI=1S/C55H65NO17/c1-29-36(69-48(63)41-38(56(52(9,10)72-41)49(64)73-50(4,5)6)33-22-24-35(25-23-33)66-27-32-18-14-12-15-19-32)26-55(65)46(70-47(62)34-20-16-13-17-21-34)42-53(11,44(61)40(68-30(2)57)37(29)51(55,7)8)43(60)39(59)45-54(42,28-67-45)71-31(3)58/h12-25,36,38-43,45-46,59-60,65H,26-28H2,1-11H3/t36-,38-,39-,40+,41+,42-,43-,45+,46-,53-,54+,55+/m0/s1. The van der Waals surface area contributed by atoms with E-state index in [9.17, 15) is 34.5 Å². The van der Waals surface area contributed by atoms with Gasteiger partial charge in [0.05, 0.1) is 29.6 Å². The summed E-state index contributed by atoms with van der Waals surface area (Å²) in [5.41, 5.74) is -9.58. The first kappa shape index (κ1) is 53.1. The third kappa shape index (κ3) is 9.08. The highest BCUT2D eigenvalue weighted by atomic mass is 16.6. The molecule has 3 aromatic rings. The number of rotatable bonds is 10. The van der Waals surface area contributed by atoms with Gasteiger partial charge in [0.25, 0.3) is 0 Å². The molecule has 3 aliphatic carbocycles. The number of ether oxygens (including phenoxy) is 8. The van der Waals surface area contributed by atoms with Gasteiger partial charge < -0.3 is 53.2 Å². The molecule has 4 fully saturated rings. The molecule has 2 heterocycles. The van der Waals surface area contributed by atoms with Crippen molar-refractivity contribution in [1.82, 2.24) is 4.90 Å². The Bertz CT molecular complexity index is 2680. The number of hydrogen-bond acceptors (Lipinski definition) is 17. The number of nitrogens with zero attached hydrogens (tertiary/aromatic N) is 1. The zero-order valence-corrected chi connectivity index (χ0v) is 42.9. The number of hydrogen-bond donors (Lipinski definition) is 3. The molecule has 18 nitrogen and oxygen atoms in total. The summed E-state index contributed by atoms with van der Waals surface area (Å²) in [5.74, 6) is -6.07. The Labute approximate surface area is 423 Å². The van der Waals surface area contributed by atoms with Gasteiger partial charge in [0.1, 0.15) is 59.7 Å². The molecule has 392 valence electrons. The minimum absolute atomic E-state index is 0.0271. The van der Waals surface area contributed by atoms with Crippen molar-refractivity contribution in [2.75, 3.05) is 6.61 Å². The predicted octanol–water partition coefficient (Wildman–Crippen LogP) is 5.87. The molecule has 2 saturated carbocycles. The number of aliphatic hydroxyl groups excluding tert-OH is 2. The molecule has 1 amide bonds. The van der Waals surface area contributed by atoms with E-state index >= 15 is 9.59 Å². The maximum absolute atomic E-state index is 15.8. The molecular formula is C55H65NO17. The number of carbonyl (C=O) groups excluding carboxylic acids is 6. The van der Waals surface area contributed by atoms with Gasteiger partial charge in [-0.2, -0.15) is 0 Å². The lowest BCUT2D eigenvalue weighted by atomic mass is 9.44. The number of fused-ring (bicyclic) bond motifs is 5.